The maximum atomic E-state index is 12.5. The number of carbonyl (C=O) groups excluding carboxylic acids is 1. The average molecular weight is 382 g/mol. The fraction of sp³-hybridized carbons (Fsp3) is 0.400. The molecule has 3 aromatic rings. The number of aromatic nitrogens is 4. The third kappa shape index (κ3) is 3.27. The number of pyridine rings is 1. The Bertz CT molecular complexity index is 1040. The van der Waals surface area contributed by atoms with Crippen molar-refractivity contribution in [2.75, 3.05) is 0 Å². The monoisotopic (exact) mass is 381 g/mol. The van der Waals surface area contributed by atoms with Crippen LogP contribution in [-0.4, -0.2) is 25.2 Å². The molecule has 7 heteroatoms. The Hall–Kier alpha value is -2.54. The maximum Gasteiger partial charge on any atom is 0.279 e. The van der Waals surface area contributed by atoms with Crippen LogP contribution < -0.4 is 4.80 Å². The Morgan fingerprint density at radius 1 is 1.30 bits per heavy atom. The van der Waals surface area contributed by atoms with Crippen LogP contribution in [0.3, 0.4) is 0 Å². The number of fused-ring (bicyclic) bond motifs is 3. The van der Waals surface area contributed by atoms with Crippen LogP contribution in [0.4, 0.5) is 0 Å². The molecule has 0 aliphatic heterocycles. The SMILES string of the molecule is CCn1c2c(sc1=NC(=O)c1ccncc1)CCc1c-2cnn1CC(C)C. The number of rotatable bonds is 4. The van der Waals surface area contributed by atoms with Gasteiger partial charge in [0.2, 0.25) is 0 Å². The number of aryl methyl sites for hydroxylation is 1. The van der Waals surface area contributed by atoms with E-state index in [0.717, 1.165) is 30.7 Å². The van der Waals surface area contributed by atoms with Crippen molar-refractivity contribution in [3.63, 3.8) is 0 Å². The van der Waals surface area contributed by atoms with Crippen LogP contribution in [0.25, 0.3) is 11.3 Å². The fourth-order valence-electron chi connectivity index (χ4n) is 3.55. The molecule has 3 aromatic heterocycles. The molecule has 3 heterocycles. The van der Waals surface area contributed by atoms with E-state index in [-0.39, 0.29) is 5.91 Å². The van der Waals surface area contributed by atoms with Crippen molar-refractivity contribution in [1.82, 2.24) is 19.3 Å². The Morgan fingerprint density at radius 3 is 2.78 bits per heavy atom. The third-order valence-electron chi connectivity index (χ3n) is 4.75. The zero-order valence-corrected chi connectivity index (χ0v) is 16.7. The summed E-state index contributed by atoms with van der Waals surface area (Å²) in [5.41, 5.74) is 4.22. The van der Waals surface area contributed by atoms with Gasteiger partial charge in [0.15, 0.2) is 4.80 Å². The first-order valence-corrected chi connectivity index (χ1v) is 10.2. The molecule has 6 nitrogen and oxygen atoms in total. The molecule has 0 spiro atoms. The lowest BCUT2D eigenvalue weighted by molar-refractivity contribution is 0.0997. The van der Waals surface area contributed by atoms with Gasteiger partial charge < -0.3 is 4.57 Å². The van der Waals surface area contributed by atoms with Crippen molar-refractivity contribution >= 4 is 17.2 Å². The van der Waals surface area contributed by atoms with Crippen LogP contribution in [0.2, 0.25) is 0 Å². The predicted octanol–water partition coefficient (Wildman–Crippen LogP) is 3.32. The maximum absolute atomic E-state index is 12.5. The van der Waals surface area contributed by atoms with Crippen LogP contribution >= 0.6 is 11.3 Å². The Balaban J connectivity index is 1.80. The second kappa shape index (κ2) is 7.23. The molecule has 1 aliphatic carbocycles. The van der Waals surface area contributed by atoms with Crippen LogP contribution in [0.15, 0.2) is 35.7 Å². The van der Waals surface area contributed by atoms with E-state index in [1.54, 1.807) is 35.9 Å². The molecule has 0 saturated carbocycles. The molecule has 1 aliphatic rings. The normalized spacial score (nSPS) is 13.7. The summed E-state index contributed by atoms with van der Waals surface area (Å²) in [5, 5.41) is 4.63. The van der Waals surface area contributed by atoms with Crippen LogP contribution in [0, 0.1) is 5.92 Å². The van der Waals surface area contributed by atoms with Gasteiger partial charge in [-0.1, -0.05) is 13.8 Å². The molecule has 140 valence electrons. The van der Waals surface area contributed by atoms with Crippen molar-refractivity contribution in [1.29, 1.82) is 0 Å². The van der Waals surface area contributed by atoms with Crippen LogP contribution in [-0.2, 0) is 25.9 Å². The van der Waals surface area contributed by atoms with E-state index in [2.05, 4.69) is 45.1 Å². The highest BCUT2D eigenvalue weighted by Crippen LogP contribution is 2.35. The lowest BCUT2D eigenvalue weighted by Gasteiger charge is -2.17. The van der Waals surface area contributed by atoms with Gasteiger partial charge in [0, 0.05) is 47.2 Å². The van der Waals surface area contributed by atoms with Crippen LogP contribution in [0.5, 0.6) is 0 Å². The molecule has 0 radical (unpaired) electrons. The quantitative estimate of drug-likeness (QED) is 0.696. The molecule has 0 unspecified atom stereocenters. The highest BCUT2D eigenvalue weighted by molar-refractivity contribution is 7.09. The number of nitrogens with zero attached hydrogens (tertiary/aromatic N) is 5. The summed E-state index contributed by atoms with van der Waals surface area (Å²) < 4.78 is 4.29. The van der Waals surface area contributed by atoms with E-state index in [0.29, 0.717) is 11.5 Å². The van der Waals surface area contributed by atoms with Gasteiger partial charge in [0.25, 0.3) is 5.91 Å². The lowest BCUT2D eigenvalue weighted by atomic mass is 9.99. The molecular formula is C20H23N5OS. The summed E-state index contributed by atoms with van der Waals surface area (Å²) in [6.45, 7) is 8.21. The zero-order valence-electron chi connectivity index (χ0n) is 15.8. The minimum Gasteiger partial charge on any atom is -0.316 e. The summed E-state index contributed by atoms with van der Waals surface area (Å²) in [6, 6.07) is 3.40. The first-order valence-electron chi connectivity index (χ1n) is 9.35. The highest BCUT2D eigenvalue weighted by Gasteiger charge is 2.26. The second-order valence-corrected chi connectivity index (χ2v) is 8.20. The average Bonchev–Trinajstić information content (AvgIpc) is 3.22. The largest absolute Gasteiger partial charge is 0.316 e. The van der Waals surface area contributed by atoms with Crippen molar-refractivity contribution in [2.24, 2.45) is 10.9 Å². The topological polar surface area (TPSA) is 65.1 Å². The van der Waals surface area contributed by atoms with Crippen molar-refractivity contribution < 1.29 is 4.79 Å². The lowest BCUT2D eigenvalue weighted by Crippen LogP contribution is -2.18. The van der Waals surface area contributed by atoms with E-state index in [1.165, 1.54) is 21.8 Å². The zero-order chi connectivity index (χ0) is 19.0. The van der Waals surface area contributed by atoms with Gasteiger partial charge in [0.05, 0.1) is 11.9 Å². The molecular weight excluding hydrogens is 358 g/mol. The van der Waals surface area contributed by atoms with Gasteiger partial charge in [-0.05, 0) is 37.8 Å². The number of carbonyl (C=O) groups is 1. The molecule has 0 atom stereocenters. The van der Waals surface area contributed by atoms with E-state index < -0.39 is 0 Å². The first-order chi connectivity index (χ1) is 13.1. The first kappa shape index (κ1) is 17.9. The third-order valence-corrected chi connectivity index (χ3v) is 5.89. The van der Waals surface area contributed by atoms with Gasteiger partial charge in [-0.25, -0.2) is 0 Å². The molecule has 27 heavy (non-hydrogen) atoms. The van der Waals surface area contributed by atoms with E-state index >= 15 is 0 Å². The second-order valence-electron chi connectivity index (χ2n) is 7.13. The molecule has 0 fully saturated rings. The van der Waals surface area contributed by atoms with E-state index in [4.69, 9.17) is 0 Å². The predicted molar refractivity (Wildman–Crippen MR) is 106 cm³/mol. The Kier molecular flexibility index (Phi) is 4.78. The Morgan fingerprint density at radius 2 is 2.07 bits per heavy atom. The van der Waals surface area contributed by atoms with Gasteiger partial charge in [-0.15, -0.1) is 11.3 Å². The summed E-state index contributed by atoms with van der Waals surface area (Å²) in [4.78, 5) is 23.0. The number of amides is 1. The van der Waals surface area contributed by atoms with Gasteiger partial charge in [-0.2, -0.15) is 10.1 Å². The fourth-order valence-corrected chi connectivity index (χ4v) is 4.76. The van der Waals surface area contributed by atoms with Gasteiger partial charge in [-0.3, -0.25) is 14.5 Å². The van der Waals surface area contributed by atoms with Crippen LogP contribution in [0.1, 0.15) is 41.7 Å². The Labute approximate surface area is 162 Å². The molecule has 4 rings (SSSR count). The summed E-state index contributed by atoms with van der Waals surface area (Å²) in [6.07, 6.45) is 7.16. The molecule has 0 N–H and O–H groups in total. The number of hydrogen-bond donors (Lipinski definition) is 0. The minimum absolute atomic E-state index is 0.228. The van der Waals surface area contributed by atoms with Crippen molar-refractivity contribution in [2.45, 2.75) is 46.7 Å². The minimum atomic E-state index is -0.228. The van der Waals surface area contributed by atoms with Crippen molar-refractivity contribution in [3.8, 4) is 11.3 Å². The summed E-state index contributed by atoms with van der Waals surface area (Å²) in [5.74, 6) is 0.327. The van der Waals surface area contributed by atoms with Gasteiger partial charge in [0.1, 0.15) is 0 Å². The smallest absolute Gasteiger partial charge is 0.279 e. The summed E-state index contributed by atoms with van der Waals surface area (Å²) in [7, 11) is 0. The highest BCUT2D eigenvalue weighted by atomic mass is 32.1. The van der Waals surface area contributed by atoms with Crippen molar-refractivity contribution in [3.05, 3.63) is 51.7 Å². The van der Waals surface area contributed by atoms with E-state index in [9.17, 15) is 4.79 Å². The summed E-state index contributed by atoms with van der Waals surface area (Å²) >= 11 is 1.62. The molecule has 1 amide bonds. The standard InChI is InChI=1S/C20H23N5OS/c1-4-24-18-15-11-22-25(12-13(2)3)16(15)5-6-17(18)27-20(24)23-19(26)14-7-9-21-10-8-14/h7-11,13H,4-6,12H2,1-3H3. The molecule has 0 aromatic carbocycles. The van der Waals surface area contributed by atoms with E-state index in [1.807, 2.05) is 6.20 Å². The number of hydrogen-bond acceptors (Lipinski definition) is 4. The van der Waals surface area contributed by atoms with Gasteiger partial charge >= 0.3 is 0 Å². The molecule has 0 bridgehead atoms. The number of thiazole rings is 1. The molecule has 0 saturated heterocycles.